The summed E-state index contributed by atoms with van der Waals surface area (Å²) in [6.45, 7) is 2.33. The molecule has 0 atom stereocenters. The van der Waals surface area contributed by atoms with Crippen molar-refractivity contribution in [2.75, 3.05) is 23.8 Å². The van der Waals surface area contributed by atoms with Crippen LogP contribution in [0.3, 0.4) is 0 Å². The van der Waals surface area contributed by atoms with Crippen molar-refractivity contribution in [1.29, 1.82) is 5.26 Å². The van der Waals surface area contributed by atoms with Gasteiger partial charge in [-0.05, 0) is 42.8 Å². The Morgan fingerprint density at radius 1 is 1.08 bits per heavy atom. The van der Waals surface area contributed by atoms with E-state index in [0.29, 0.717) is 42.3 Å². The summed E-state index contributed by atoms with van der Waals surface area (Å²) < 4.78 is 5.60. The molecule has 0 unspecified atom stereocenters. The Hall–Kier alpha value is -3.53. The molecule has 0 spiro atoms. The van der Waals surface area contributed by atoms with Gasteiger partial charge in [0.25, 0.3) is 0 Å². The van der Waals surface area contributed by atoms with Gasteiger partial charge in [-0.25, -0.2) is 4.79 Å². The van der Waals surface area contributed by atoms with E-state index in [-0.39, 0.29) is 11.9 Å². The van der Waals surface area contributed by atoms with Crippen LogP contribution in [0.25, 0.3) is 0 Å². The van der Waals surface area contributed by atoms with Crippen LogP contribution >= 0.6 is 0 Å². The zero-order valence-corrected chi connectivity index (χ0v) is 14.4. The Balaban J connectivity index is 1.66. The van der Waals surface area contributed by atoms with E-state index in [0.717, 1.165) is 0 Å². The van der Waals surface area contributed by atoms with Gasteiger partial charge in [-0.15, -0.1) is 0 Å². The molecule has 26 heavy (non-hydrogen) atoms. The van der Waals surface area contributed by atoms with Crippen molar-refractivity contribution in [3.63, 3.8) is 0 Å². The second-order valence-electron chi connectivity index (χ2n) is 5.48. The molecule has 0 saturated heterocycles. The molecule has 3 N–H and O–H groups in total. The Kier molecular flexibility index (Phi) is 7.01. The summed E-state index contributed by atoms with van der Waals surface area (Å²) in [6.07, 6.45) is 0.630. The number of amides is 3. The normalized spacial score (nSPS) is 9.69. The zero-order chi connectivity index (χ0) is 18.8. The van der Waals surface area contributed by atoms with Gasteiger partial charge in [0.05, 0.1) is 18.2 Å². The first-order valence-corrected chi connectivity index (χ1v) is 8.12. The third-order valence-electron chi connectivity index (χ3n) is 3.30. The molecule has 2 aromatic rings. The highest BCUT2D eigenvalue weighted by Crippen LogP contribution is 2.17. The minimum Gasteiger partial charge on any atom is -0.493 e. The fraction of sp³-hybridized carbons (Fsp3) is 0.211. The molecular weight excluding hydrogens is 332 g/mol. The smallest absolute Gasteiger partial charge is 0.319 e. The van der Waals surface area contributed by atoms with Crippen molar-refractivity contribution in [3.05, 3.63) is 54.1 Å². The number of carbonyl (C=O) groups excluding carboxylic acids is 2. The molecular formula is C19H20N4O3. The average Bonchev–Trinajstić information content (AvgIpc) is 2.62. The summed E-state index contributed by atoms with van der Waals surface area (Å²) in [6, 6.07) is 15.4. The van der Waals surface area contributed by atoms with Crippen molar-refractivity contribution in [2.24, 2.45) is 0 Å². The zero-order valence-electron chi connectivity index (χ0n) is 14.4. The minimum absolute atomic E-state index is 0.139. The van der Waals surface area contributed by atoms with Crippen LogP contribution in [0.4, 0.5) is 16.2 Å². The van der Waals surface area contributed by atoms with E-state index in [2.05, 4.69) is 16.0 Å². The number of anilines is 2. The van der Waals surface area contributed by atoms with Crippen LogP contribution in [-0.2, 0) is 4.79 Å². The molecule has 0 saturated carbocycles. The van der Waals surface area contributed by atoms with Crippen LogP contribution in [0.5, 0.6) is 5.75 Å². The Labute approximate surface area is 152 Å². The molecule has 0 aliphatic carbocycles. The fourth-order valence-corrected chi connectivity index (χ4v) is 2.13. The van der Waals surface area contributed by atoms with Gasteiger partial charge in [-0.1, -0.05) is 6.07 Å². The average molecular weight is 352 g/mol. The number of ether oxygens (including phenoxy) is 1. The van der Waals surface area contributed by atoms with E-state index >= 15 is 0 Å². The second kappa shape index (κ2) is 9.69. The van der Waals surface area contributed by atoms with Crippen molar-refractivity contribution in [2.45, 2.75) is 13.3 Å². The van der Waals surface area contributed by atoms with E-state index in [4.69, 9.17) is 10.00 Å². The van der Waals surface area contributed by atoms with Crippen molar-refractivity contribution >= 4 is 23.3 Å². The molecule has 0 bridgehead atoms. The van der Waals surface area contributed by atoms with Gasteiger partial charge in [-0.2, -0.15) is 5.26 Å². The number of rotatable bonds is 7. The molecule has 7 heteroatoms. The van der Waals surface area contributed by atoms with E-state index in [1.807, 2.05) is 6.07 Å². The first-order chi connectivity index (χ1) is 12.6. The quantitative estimate of drug-likeness (QED) is 0.666. The molecule has 2 rings (SSSR count). The number of carbonyl (C=O) groups is 2. The standard InChI is InChI=1S/C19H20N4O3/c1-14(24)22-17-4-2-5-18(12-17)26-11-3-10-21-19(25)23-16-8-6-15(13-20)7-9-16/h2,4-9,12H,3,10-11H2,1H3,(H,22,24)(H2,21,23,25). The molecule has 2 aromatic carbocycles. The largest absolute Gasteiger partial charge is 0.493 e. The summed E-state index contributed by atoms with van der Waals surface area (Å²) in [4.78, 5) is 22.8. The molecule has 134 valence electrons. The third-order valence-corrected chi connectivity index (χ3v) is 3.30. The number of nitrogens with one attached hydrogen (secondary N) is 3. The third kappa shape index (κ3) is 6.53. The highest BCUT2D eigenvalue weighted by atomic mass is 16.5. The van der Waals surface area contributed by atoms with E-state index < -0.39 is 0 Å². The number of hydrogen-bond acceptors (Lipinski definition) is 4. The van der Waals surface area contributed by atoms with Crippen LogP contribution in [0.1, 0.15) is 18.9 Å². The number of urea groups is 1. The van der Waals surface area contributed by atoms with Crippen LogP contribution in [0.2, 0.25) is 0 Å². The topological polar surface area (TPSA) is 103 Å². The molecule has 0 heterocycles. The summed E-state index contributed by atoms with van der Waals surface area (Å²) in [5, 5.41) is 16.8. The number of benzene rings is 2. The first kappa shape index (κ1) is 18.8. The van der Waals surface area contributed by atoms with Crippen LogP contribution in [-0.4, -0.2) is 25.1 Å². The van der Waals surface area contributed by atoms with Gasteiger partial charge in [0.2, 0.25) is 5.91 Å². The number of nitriles is 1. The van der Waals surface area contributed by atoms with E-state index in [9.17, 15) is 9.59 Å². The maximum Gasteiger partial charge on any atom is 0.319 e. The number of hydrogen-bond donors (Lipinski definition) is 3. The minimum atomic E-state index is -0.317. The lowest BCUT2D eigenvalue weighted by Crippen LogP contribution is -2.30. The molecule has 0 fully saturated rings. The summed E-state index contributed by atoms with van der Waals surface area (Å²) in [5.41, 5.74) is 1.83. The van der Waals surface area contributed by atoms with Gasteiger partial charge in [0.1, 0.15) is 5.75 Å². The maximum absolute atomic E-state index is 11.8. The lowest BCUT2D eigenvalue weighted by molar-refractivity contribution is -0.114. The molecule has 0 aliphatic heterocycles. The van der Waals surface area contributed by atoms with Crippen molar-refractivity contribution in [3.8, 4) is 11.8 Å². The lowest BCUT2D eigenvalue weighted by Gasteiger charge is -2.10. The van der Waals surface area contributed by atoms with Gasteiger partial charge < -0.3 is 20.7 Å². The highest BCUT2D eigenvalue weighted by Gasteiger charge is 2.02. The Bertz CT molecular complexity index is 797. The second-order valence-corrected chi connectivity index (χ2v) is 5.48. The monoisotopic (exact) mass is 352 g/mol. The Morgan fingerprint density at radius 2 is 1.85 bits per heavy atom. The van der Waals surface area contributed by atoms with Gasteiger partial charge in [-0.3, -0.25) is 4.79 Å². The van der Waals surface area contributed by atoms with Gasteiger partial charge in [0.15, 0.2) is 0 Å². The van der Waals surface area contributed by atoms with E-state index in [1.54, 1.807) is 48.5 Å². The fourth-order valence-electron chi connectivity index (χ4n) is 2.13. The predicted octanol–water partition coefficient (Wildman–Crippen LogP) is 3.11. The summed E-state index contributed by atoms with van der Waals surface area (Å²) in [5.74, 6) is 0.512. The molecule has 7 nitrogen and oxygen atoms in total. The Morgan fingerprint density at radius 3 is 2.54 bits per heavy atom. The SMILES string of the molecule is CC(=O)Nc1cccc(OCCCNC(=O)Nc2ccc(C#N)cc2)c1. The first-order valence-electron chi connectivity index (χ1n) is 8.12. The summed E-state index contributed by atoms with van der Waals surface area (Å²) >= 11 is 0. The molecule has 0 radical (unpaired) electrons. The highest BCUT2D eigenvalue weighted by molar-refractivity contribution is 5.89. The van der Waals surface area contributed by atoms with E-state index in [1.165, 1.54) is 6.92 Å². The van der Waals surface area contributed by atoms with Crippen molar-refractivity contribution in [1.82, 2.24) is 5.32 Å². The van der Waals surface area contributed by atoms with Gasteiger partial charge >= 0.3 is 6.03 Å². The van der Waals surface area contributed by atoms with Crippen LogP contribution in [0.15, 0.2) is 48.5 Å². The van der Waals surface area contributed by atoms with Crippen LogP contribution in [0, 0.1) is 11.3 Å². The number of nitrogens with zero attached hydrogens (tertiary/aromatic N) is 1. The molecule has 0 aliphatic rings. The maximum atomic E-state index is 11.8. The molecule has 3 amide bonds. The van der Waals surface area contributed by atoms with Crippen LogP contribution < -0.4 is 20.7 Å². The lowest BCUT2D eigenvalue weighted by atomic mass is 10.2. The van der Waals surface area contributed by atoms with Crippen molar-refractivity contribution < 1.29 is 14.3 Å². The predicted molar refractivity (Wildman–Crippen MR) is 99.0 cm³/mol. The summed E-state index contributed by atoms with van der Waals surface area (Å²) in [7, 11) is 0. The molecule has 0 aromatic heterocycles. The van der Waals surface area contributed by atoms with Gasteiger partial charge in [0, 0.05) is 30.9 Å².